The second-order valence-corrected chi connectivity index (χ2v) is 6.61. The maximum Gasteiger partial charge on any atom is 0.319 e. The second-order valence-electron chi connectivity index (χ2n) is 6.61. The molecule has 0 radical (unpaired) electrons. The van der Waals surface area contributed by atoms with Gasteiger partial charge in [-0.3, -0.25) is 14.4 Å². The van der Waals surface area contributed by atoms with E-state index < -0.39 is 17.3 Å². The number of hydrogen-bond acceptors (Lipinski definition) is 3. The third-order valence-corrected chi connectivity index (χ3v) is 4.33. The van der Waals surface area contributed by atoms with Crippen molar-refractivity contribution in [1.82, 2.24) is 5.32 Å². The SMILES string of the molecule is CCC(C)(C)NC(=O)c1ccc(NC(=O)C2(C(=O)O)CC2)cc1. The molecule has 2 rings (SSSR count). The molecule has 6 heteroatoms. The number of aliphatic carboxylic acids is 1. The van der Waals surface area contributed by atoms with E-state index in [0.29, 0.717) is 24.1 Å². The Bertz CT molecular complexity index is 630. The Morgan fingerprint density at radius 1 is 1.17 bits per heavy atom. The lowest BCUT2D eigenvalue weighted by Gasteiger charge is -2.24. The monoisotopic (exact) mass is 318 g/mol. The van der Waals surface area contributed by atoms with Crippen LogP contribution in [0.5, 0.6) is 0 Å². The topological polar surface area (TPSA) is 95.5 Å². The van der Waals surface area contributed by atoms with Gasteiger partial charge in [-0.1, -0.05) is 6.92 Å². The van der Waals surface area contributed by atoms with Crippen LogP contribution >= 0.6 is 0 Å². The van der Waals surface area contributed by atoms with Crippen molar-refractivity contribution in [3.63, 3.8) is 0 Å². The molecule has 23 heavy (non-hydrogen) atoms. The Hall–Kier alpha value is -2.37. The molecule has 1 aromatic rings. The molecular weight excluding hydrogens is 296 g/mol. The van der Waals surface area contributed by atoms with Crippen LogP contribution in [-0.2, 0) is 9.59 Å². The van der Waals surface area contributed by atoms with Gasteiger partial charge in [-0.2, -0.15) is 0 Å². The largest absolute Gasteiger partial charge is 0.480 e. The number of carbonyl (C=O) groups is 3. The number of hydrogen-bond donors (Lipinski definition) is 3. The van der Waals surface area contributed by atoms with Gasteiger partial charge in [-0.05, 0) is 57.4 Å². The highest BCUT2D eigenvalue weighted by Crippen LogP contribution is 2.46. The van der Waals surface area contributed by atoms with Crippen LogP contribution < -0.4 is 10.6 Å². The van der Waals surface area contributed by atoms with E-state index in [1.54, 1.807) is 24.3 Å². The summed E-state index contributed by atoms with van der Waals surface area (Å²) in [6.45, 7) is 5.88. The first kappa shape index (κ1) is 17.0. The highest BCUT2D eigenvalue weighted by molar-refractivity contribution is 6.10. The molecule has 6 nitrogen and oxygen atoms in total. The predicted octanol–water partition coefficient (Wildman–Crippen LogP) is 2.41. The summed E-state index contributed by atoms with van der Waals surface area (Å²) in [5, 5.41) is 14.6. The van der Waals surface area contributed by atoms with Crippen LogP contribution in [0.2, 0.25) is 0 Å². The Morgan fingerprint density at radius 2 is 1.74 bits per heavy atom. The molecule has 0 saturated heterocycles. The zero-order valence-corrected chi connectivity index (χ0v) is 13.6. The van der Waals surface area contributed by atoms with Gasteiger partial charge >= 0.3 is 5.97 Å². The van der Waals surface area contributed by atoms with Crippen molar-refractivity contribution < 1.29 is 19.5 Å². The summed E-state index contributed by atoms with van der Waals surface area (Å²) < 4.78 is 0. The van der Waals surface area contributed by atoms with Crippen molar-refractivity contribution in [2.24, 2.45) is 5.41 Å². The maximum atomic E-state index is 12.1. The molecule has 0 bridgehead atoms. The fraction of sp³-hybridized carbons (Fsp3) is 0.471. The number of carboxylic acids is 1. The number of carboxylic acid groups (broad SMARTS) is 1. The molecule has 0 aromatic heterocycles. The summed E-state index contributed by atoms with van der Waals surface area (Å²) in [5.41, 5.74) is -0.594. The lowest BCUT2D eigenvalue weighted by atomic mass is 10.0. The van der Waals surface area contributed by atoms with Crippen LogP contribution in [0.1, 0.15) is 50.4 Å². The number of nitrogens with one attached hydrogen (secondary N) is 2. The molecule has 2 amide bonds. The molecule has 1 saturated carbocycles. The summed E-state index contributed by atoms with van der Waals surface area (Å²) in [5.74, 6) is -1.78. The van der Waals surface area contributed by atoms with Crippen LogP contribution in [0.25, 0.3) is 0 Å². The van der Waals surface area contributed by atoms with E-state index in [1.807, 2.05) is 20.8 Å². The zero-order valence-electron chi connectivity index (χ0n) is 13.6. The van der Waals surface area contributed by atoms with E-state index in [9.17, 15) is 14.4 Å². The third-order valence-electron chi connectivity index (χ3n) is 4.33. The molecule has 0 atom stereocenters. The van der Waals surface area contributed by atoms with Crippen molar-refractivity contribution in [1.29, 1.82) is 0 Å². The first-order valence-corrected chi connectivity index (χ1v) is 7.68. The van der Waals surface area contributed by atoms with Gasteiger partial charge in [0.15, 0.2) is 0 Å². The molecule has 124 valence electrons. The maximum absolute atomic E-state index is 12.1. The van der Waals surface area contributed by atoms with Crippen LogP contribution in [0.3, 0.4) is 0 Å². The normalized spacial score (nSPS) is 15.6. The summed E-state index contributed by atoms with van der Waals surface area (Å²) >= 11 is 0. The molecule has 1 fully saturated rings. The van der Waals surface area contributed by atoms with Gasteiger partial charge in [0, 0.05) is 16.8 Å². The molecule has 0 spiro atoms. The van der Waals surface area contributed by atoms with E-state index in [2.05, 4.69) is 10.6 Å². The van der Waals surface area contributed by atoms with Crippen LogP contribution in [0.4, 0.5) is 5.69 Å². The highest BCUT2D eigenvalue weighted by Gasteiger charge is 2.57. The summed E-state index contributed by atoms with van der Waals surface area (Å²) in [7, 11) is 0. The third kappa shape index (κ3) is 3.70. The predicted molar refractivity (Wildman–Crippen MR) is 86.2 cm³/mol. The Balaban J connectivity index is 2.01. The highest BCUT2D eigenvalue weighted by atomic mass is 16.4. The first-order valence-electron chi connectivity index (χ1n) is 7.68. The smallest absolute Gasteiger partial charge is 0.319 e. The molecule has 1 aliphatic carbocycles. The number of anilines is 1. The van der Waals surface area contributed by atoms with E-state index in [0.717, 1.165) is 6.42 Å². The van der Waals surface area contributed by atoms with Gasteiger partial charge in [0.05, 0.1) is 0 Å². The minimum atomic E-state index is -1.28. The fourth-order valence-corrected chi connectivity index (χ4v) is 2.09. The van der Waals surface area contributed by atoms with Crippen molar-refractivity contribution in [3.05, 3.63) is 29.8 Å². The fourth-order valence-electron chi connectivity index (χ4n) is 2.09. The van der Waals surface area contributed by atoms with Crippen molar-refractivity contribution >= 4 is 23.5 Å². The minimum absolute atomic E-state index is 0.182. The Morgan fingerprint density at radius 3 is 2.17 bits per heavy atom. The summed E-state index contributed by atoms with van der Waals surface area (Å²) in [6.07, 6.45) is 1.53. The number of rotatable bonds is 6. The van der Waals surface area contributed by atoms with E-state index in [1.165, 1.54) is 0 Å². The quantitative estimate of drug-likeness (QED) is 0.702. The minimum Gasteiger partial charge on any atom is -0.480 e. The number of carbonyl (C=O) groups excluding carboxylic acids is 2. The van der Waals surface area contributed by atoms with E-state index >= 15 is 0 Å². The molecule has 0 heterocycles. The number of benzene rings is 1. The molecule has 0 unspecified atom stereocenters. The average Bonchev–Trinajstić information content (AvgIpc) is 3.29. The van der Waals surface area contributed by atoms with E-state index in [4.69, 9.17) is 5.11 Å². The average molecular weight is 318 g/mol. The van der Waals surface area contributed by atoms with Crippen molar-refractivity contribution in [2.75, 3.05) is 5.32 Å². The van der Waals surface area contributed by atoms with Gasteiger partial charge in [-0.15, -0.1) is 0 Å². The summed E-state index contributed by atoms with van der Waals surface area (Å²) in [4.78, 5) is 35.3. The summed E-state index contributed by atoms with van der Waals surface area (Å²) in [6, 6.07) is 6.42. The zero-order chi connectivity index (χ0) is 17.3. The molecule has 1 aliphatic rings. The molecule has 1 aromatic carbocycles. The Kier molecular flexibility index (Phi) is 4.45. The lowest BCUT2D eigenvalue weighted by Crippen LogP contribution is -2.42. The molecule has 3 N–H and O–H groups in total. The standard InChI is InChI=1S/C17H22N2O4/c1-4-16(2,3)19-13(20)11-5-7-12(8-6-11)18-14(21)17(9-10-17)15(22)23/h5-8H,4,9-10H2,1-3H3,(H,18,21)(H,19,20)(H,22,23). The lowest BCUT2D eigenvalue weighted by molar-refractivity contribution is -0.147. The van der Waals surface area contributed by atoms with Gasteiger partial charge in [0.1, 0.15) is 5.41 Å². The van der Waals surface area contributed by atoms with Crippen LogP contribution in [-0.4, -0.2) is 28.4 Å². The van der Waals surface area contributed by atoms with Crippen molar-refractivity contribution in [2.45, 2.75) is 45.6 Å². The van der Waals surface area contributed by atoms with E-state index in [-0.39, 0.29) is 11.4 Å². The van der Waals surface area contributed by atoms with Gasteiger partial charge in [0.25, 0.3) is 5.91 Å². The molecule has 0 aliphatic heterocycles. The molecular formula is C17H22N2O4. The van der Waals surface area contributed by atoms with Gasteiger partial charge in [0.2, 0.25) is 5.91 Å². The van der Waals surface area contributed by atoms with Gasteiger partial charge < -0.3 is 15.7 Å². The van der Waals surface area contributed by atoms with Crippen LogP contribution in [0, 0.1) is 5.41 Å². The Labute approximate surface area is 135 Å². The van der Waals surface area contributed by atoms with Gasteiger partial charge in [-0.25, -0.2) is 0 Å². The number of amides is 2. The van der Waals surface area contributed by atoms with Crippen LogP contribution in [0.15, 0.2) is 24.3 Å². The first-order chi connectivity index (χ1) is 10.7. The van der Waals surface area contributed by atoms with Crippen molar-refractivity contribution in [3.8, 4) is 0 Å². The second kappa shape index (κ2) is 6.02.